The Bertz CT molecular complexity index is 344. The predicted molar refractivity (Wildman–Crippen MR) is 63.3 cm³/mol. The molecule has 0 saturated heterocycles. The van der Waals surface area contributed by atoms with Gasteiger partial charge in [0.25, 0.3) is 0 Å². The van der Waals surface area contributed by atoms with Crippen LogP contribution in [0.25, 0.3) is 11.4 Å². The molecule has 2 aromatic rings. The molecule has 2 rings (SSSR count). The molecule has 0 atom stereocenters. The molecule has 0 aliphatic rings. The molecular formula is C13H14N2. The van der Waals surface area contributed by atoms with Crippen LogP contribution in [0.2, 0.25) is 0 Å². The van der Waals surface area contributed by atoms with Crippen molar-refractivity contribution >= 4 is 0 Å². The second kappa shape index (κ2) is 6.49. The van der Waals surface area contributed by atoms with Crippen LogP contribution in [0.5, 0.6) is 0 Å². The first-order valence-corrected chi connectivity index (χ1v) is 4.78. The van der Waals surface area contributed by atoms with Crippen molar-refractivity contribution in [2.75, 3.05) is 0 Å². The van der Waals surface area contributed by atoms with Gasteiger partial charge in [0.2, 0.25) is 0 Å². The topological polar surface area (TPSA) is 25.8 Å². The van der Waals surface area contributed by atoms with Crippen LogP contribution in [0.15, 0.2) is 61.4 Å². The molecule has 0 fully saturated rings. The van der Waals surface area contributed by atoms with Crippen LogP contribution in [0, 0.1) is 0 Å². The van der Waals surface area contributed by atoms with Gasteiger partial charge in [0.1, 0.15) is 0 Å². The molecule has 0 radical (unpaired) electrons. The Kier molecular flexibility index (Phi) is 4.81. The molecule has 2 nitrogen and oxygen atoms in total. The highest BCUT2D eigenvalue weighted by atomic mass is 14.7. The van der Waals surface area contributed by atoms with Crippen molar-refractivity contribution in [3.05, 3.63) is 61.4 Å². The van der Waals surface area contributed by atoms with Gasteiger partial charge in [0.05, 0.1) is 11.4 Å². The van der Waals surface area contributed by atoms with E-state index in [-0.39, 0.29) is 0 Å². The lowest BCUT2D eigenvalue weighted by molar-refractivity contribution is 1.25. The highest BCUT2D eigenvalue weighted by molar-refractivity contribution is 5.52. The summed E-state index contributed by atoms with van der Waals surface area (Å²) in [6, 6.07) is 11.6. The van der Waals surface area contributed by atoms with Crippen molar-refractivity contribution in [1.29, 1.82) is 0 Å². The van der Waals surface area contributed by atoms with Crippen molar-refractivity contribution < 1.29 is 0 Å². The third-order valence-electron chi connectivity index (χ3n) is 1.59. The van der Waals surface area contributed by atoms with Gasteiger partial charge in [-0.3, -0.25) is 9.97 Å². The van der Waals surface area contributed by atoms with E-state index in [1.165, 1.54) is 0 Å². The Morgan fingerprint density at radius 1 is 0.933 bits per heavy atom. The molecule has 0 aliphatic heterocycles. The minimum absolute atomic E-state index is 0.915. The number of rotatable bonds is 1. The van der Waals surface area contributed by atoms with Crippen LogP contribution >= 0.6 is 0 Å². The van der Waals surface area contributed by atoms with Crippen LogP contribution in [0.1, 0.15) is 6.92 Å². The van der Waals surface area contributed by atoms with Gasteiger partial charge in [-0.1, -0.05) is 18.2 Å². The molecule has 0 unspecified atom stereocenters. The second-order valence-electron chi connectivity index (χ2n) is 2.84. The Labute approximate surface area is 90.3 Å². The van der Waals surface area contributed by atoms with Crippen LogP contribution in [0.4, 0.5) is 0 Å². The molecule has 2 aromatic heterocycles. The summed E-state index contributed by atoms with van der Waals surface area (Å²) in [5.74, 6) is 0. The minimum atomic E-state index is 0.915. The van der Waals surface area contributed by atoms with E-state index >= 15 is 0 Å². The number of hydrogen-bond acceptors (Lipinski definition) is 2. The zero-order valence-electron chi connectivity index (χ0n) is 8.80. The number of hydrogen-bond donors (Lipinski definition) is 0. The van der Waals surface area contributed by atoms with Crippen molar-refractivity contribution in [1.82, 2.24) is 9.97 Å². The van der Waals surface area contributed by atoms with Crippen molar-refractivity contribution in [2.45, 2.75) is 6.92 Å². The zero-order valence-corrected chi connectivity index (χ0v) is 8.80. The molecule has 0 spiro atoms. The number of aromatic nitrogens is 2. The van der Waals surface area contributed by atoms with Gasteiger partial charge in [-0.05, 0) is 31.2 Å². The SMILES string of the molecule is C=CC.c1ccc(-c2ccccn2)nc1. The molecule has 0 aliphatic carbocycles. The lowest BCUT2D eigenvalue weighted by Crippen LogP contribution is -1.83. The smallest absolute Gasteiger partial charge is 0.0886 e. The summed E-state index contributed by atoms with van der Waals surface area (Å²) in [5, 5.41) is 0. The summed E-state index contributed by atoms with van der Waals surface area (Å²) in [6.07, 6.45) is 5.29. The molecule has 76 valence electrons. The molecule has 0 amide bonds. The fraction of sp³-hybridized carbons (Fsp3) is 0.0769. The third kappa shape index (κ3) is 3.73. The molecule has 2 heteroatoms. The fourth-order valence-corrected chi connectivity index (χ4v) is 1.03. The van der Waals surface area contributed by atoms with Crippen molar-refractivity contribution in [3.63, 3.8) is 0 Å². The third-order valence-corrected chi connectivity index (χ3v) is 1.59. The first kappa shape index (κ1) is 11.1. The highest BCUT2D eigenvalue weighted by Gasteiger charge is 1.95. The lowest BCUT2D eigenvalue weighted by Gasteiger charge is -1.96. The molecule has 2 heterocycles. The average Bonchev–Trinajstić information content (AvgIpc) is 2.32. The van der Waals surface area contributed by atoms with E-state index in [0.717, 1.165) is 11.4 Å². The highest BCUT2D eigenvalue weighted by Crippen LogP contribution is 2.10. The summed E-state index contributed by atoms with van der Waals surface area (Å²) >= 11 is 0. The van der Waals surface area contributed by atoms with E-state index in [4.69, 9.17) is 0 Å². The lowest BCUT2D eigenvalue weighted by atomic mass is 10.2. The van der Waals surface area contributed by atoms with Gasteiger partial charge in [0, 0.05) is 12.4 Å². The monoisotopic (exact) mass is 198 g/mol. The second-order valence-corrected chi connectivity index (χ2v) is 2.84. The Morgan fingerprint density at radius 3 is 1.60 bits per heavy atom. The van der Waals surface area contributed by atoms with Crippen molar-refractivity contribution in [3.8, 4) is 11.4 Å². The minimum Gasteiger partial charge on any atom is -0.255 e. The Morgan fingerprint density at radius 2 is 1.33 bits per heavy atom. The zero-order chi connectivity index (χ0) is 10.9. The number of pyridine rings is 2. The largest absolute Gasteiger partial charge is 0.255 e. The van der Waals surface area contributed by atoms with E-state index in [9.17, 15) is 0 Å². The van der Waals surface area contributed by atoms with Crippen molar-refractivity contribution in [2.24, 2.45) is 0 Å². The van der Waals surface area contributed by atoms with E-state index in [0.29, 0.717) is 0 Å². The normalized spacial score (nSPS) is 8.60. The van der Waals surface area contributed by atoms with Crippen LogP contribution < -0.4 is 0 Å². The first-order chi connectivity index (χ1) is 7.38. The van der Waals surface area contributed by atoms with Gasteiger partial charge in [-0.15, -0.1) is 6.58 Å². The van der Waals surface area contributed by atoms with Crippen LogP contribution in [-0.4, -0.2) is 9.97 Å². The maximum Gasteiger partial charge on any atom is 0.0886 e. The molecule has 15 heavy (non-hydrogen) atoms. The number of allylic oxidation sites excluding steroid dienone is 1. The summed E-state index contributed by atoms with van der Waals surface area (Å²) in [6.45, 7) is 5.25. The summed E-state index contributed by atoms with van der Waals surface area (Å²) in [7, 11) is 0. The Hall–Kier alpha value is -1.96. The van der Waals surface area contributed by atoms with Crippen LogP contribution in [0.3, 0.4) is 0 Å². The van der Waals surface area contributed by atoms with Gasteiger partial charge >= 0.3 is 0 Å². The van der Waals surface area contributed by atoms with Gasteiger partial charge < -0.3 is 0 Å². The number of nitrogens with zero attached hydrogens (tertiary/aromatic N) is 2. The van der Waals surface area contributed by atoms with E-state index < -0.39 is 0 Å². The van der Waals surface area contributed by atoms with Gasteiger partial charge in [0.15, 0.2) is 0 Å². The fourth-order valence-electron chi connectivity index (χ4n) is 1.03. The van der Waals surface area contributed by atoms with E-state index in [1.807, 2.05) is 43.3 Å². The molecular weight excluding hydrogens is 184 g/mol. The average molecular weight is 198 g/mol. The standard InChI is InChI=1S/C10H8N2.C3H6/c1-3-7-11-9(5-1)10-6-2-4-8-12-10;1-3-2/h1-8H;3H,1H2,2H3. The van der Waals surface area contributed by atoms with E-state index in [2.05, 4.69) is 16.5 Å². The Balaban J connectivity index is 0.000000337. The molecule has 0 bridgehead atoms. The molecule has 0 N–H and O–H groups in total. The molecule has 0 aromatic carbocycles. The van der Waals surface area contributed by atoms with Crippen LogP contribution in [-0.2, 0) is 0 Å². The predicted octanol–water partition coefficient (Wildman–Crippen LogP) is 3.34. The summed E-state index contributed by atoms with van der Waals surface area (Å²) in [4.78, 5) is 8.37. The summed E-state index contributed by atoms with van der Waals surface area (Å²) in [5.41, 5.74) is 1.83. The van der Waals surface area contributed by atoms with Gasteiger partial charge in [-0.25, -0.2) is 0 Å². The quantitative estimate of drug-likeness (QED) is 0.657. The summed E-state index contributed by atoms with van der Waals surface area (Å²) < 4.78 is 0. The van der Waals surface area contributed by atoms with Gasteiger partial charge in [-0.2, -0.15) is 0 Å². The maximum atomic E-state index is 4.19. The van der Waals surface area contributed by atoms with E-state index in [1.54, 1.807) is 18.5 Å². The molecule has 0 saturated carbocycles. The maximum absolute atomic E-state index is 4.19. The first-order valence-electron chi connectivity index (χ1n) is 4.78.